The van der Waals surface area contributed by atoms with Crippen molar-refractivity contribution >= 4 is 22.5 Å². The van der Waals surface area contributed by atoms with Crippen molar-refractivity contribution < 1.29 is 9.47 Å². The standard InChI is InChI=1S/C17H22ClN3O2/c1-22-15-8-13-14(20-11-21-17(13)18)9-16(15)23-7-3-5-12-4-2-6-19-10-12/h8-9,11-12,19H,2-7,10H2,1H3. The number of hydrogen-bond acceptors (Lipinski definition) is 5. The highest BCUT2D eigenvalue weighted by Gasteiger charge is 2.13. The number of halogens is 1. The average molecular weight is 336 g/mol. The van der Waals surface area contributed by atoms with Crippen LogP contribution in [0.3, 0.4) is 0 Å². The van der Waals surface area contributed by atoms with Crippen molar-refractivity contribution in [1.29, 1.82) is 0 Å². The number of benzene rings is 1. The molecule has 124 valence electrons. The second-order valence-corrected chi connectivity index (χ2v) is 6.25. The molecular formula is C17H22ClN3O2. The molecule has 1 aromatic carbocycles. The van der Waals surface area contributed by atoms with Crippen LogP contribution in [0.1, 0.15) is 25.7 Å². The van der Waals surface area contributed by atoms with Crippen LogP contribution in [0.4, 0.5) is 0 Å². The molecule has 23 heavy (non-hydrogen) atoms. The maximum Gasteiger partial charge on any atom is 0.163 e. The molecule has 2 heterocycles. The number of fused-ring (bicyclic) bond motifs is 1. The molecule has 1 N–H and O–H groups in total. The zero-order chi connectivity index (χ0) is 16.1. The first-order chi connectivity index (χ1) is 11.3. The van der Waals surface area contributed by atoms with Gasteiger partial charge in [0.05, 0.1) is 19.2 Å². The average Bonchev–Trinajstić information content (AvgIpc) is 2.59. The van der Waals surface area contributed by atoms with Gasteiger partial charge in [0.2, 0.25) is 0 Å². The summed E-state index contributed by atoms with van der Waals surface area (Å²) in [4.78, 5) is 8.23. The van der Waals surface area contributed by atoms with E-state index in [1.165, 1.54) is 25.6 Å². The molecule has 5 nitrogen and oxygen atoms in total. The van der Waals surface area contributed by atoms with Crippen LogP contribution < -0.4 is 14.8 Å². The highest BCUT2D eigenvalue weighted by molar-refractivity contribution is 6.34. The minimum absolute atomic E-state index is 0.421. The molecule has 0 bridgehead atoms. The molecule has 1 aliphatic heterocycles. The molecular weight excluding hydrogens is 314 g/mol. The molecule has 0 radical (unpaired) electrons. The Morgan fingerprint density at radius 3 is 3.00 bits per heavy atom. The molecule has 1 atom stereocenters. The van der Waals surface area contributed by atoms with E-state index in [4.69, 9.17) is 21.1 Å². The summed E-state index contributed by atoms with van der Waals surface area (Å²) in [5.74, 6) is 2.14. The lowest BCUT2D eigenvalue weighted by molar-refractivity contribution is 0.264. The summed E-state index contributed by atoms with van der Waals surface area (Å²) in [6.07, 6.45) is 6.29. The summed E-state index contributed by atoms with van der Waals surface area (Å²) in [5.41, 5.74) is 0.761. The molecule has 1 aliphatic rings. The number of hydrogen-bond donors (Lipinski definition) is 1. The predicted molar refractivity (Wildman–Crippen MR) is 91.4 cm³/mol. The van der Waals surface area contributed by atoms with Crippen LogP contribution in [-0.4, -0.2) is 36.8 Å². The van der Waals surface area contributed by atoms with Gasteiger partial charge in [-0.15, -0.1) is 0 Å². The Hall–Kier alpha value is -1.59. The third-order valence-electron chi connectivity index (χ3n) is 4.29. The monoisotopic (exact) mass is 335 g/mol. The van der Waals surface area contributed by atoms with Gasteiger partial charge >= 0.3 is 0 Å². The second kappa shape index (κ2) is 7.79. The van der Waals surface area contributed by atoms with Gasteiger partial charge < -0.3 is 14.8 Å². The lowest BCUT2D eigenvalue weighted by Gasteiger charge is -2.22. The van der Waals surface area contributed by atoms with E-state index in [1.54, 1.807) is 7.11 Å². The lowest BCUT2D eigenvalue weighted by atomic mass is 9.95. The van der Waals surface area contributed by atoms with Crippen molar-refractivity contribution in [2.24, 2.45) is 5.92 Å². The molecule has 0 aliphatic carbocycles. The number of methoxy groups -OCH3 is 1. The van der Waals surface area contributed by atoms with Crippen LogP contribution in [0.2, 0.25) is 5.15 Å². The fourth-order valence-corrected chi connectivity index (χ4v) is 3.22. The Bertz CT molecular complexity index is 660. The van der Waals surface area contributed by atoms with E-state index in [2.05, 4.69) is 15.3 Å². The van der Waals surface area contributed by atoms with E-state index >= 15 is 0 Å². The Morgan fingerprint density at radius 2 is 2.22 bits per heavy atom. The SMILES string of the molecule is COc1cc2c(Cl)ncnc2cc1OCCCC1CCCNC1. The fourth-order valence-electron chi connectivity index (χ4n) is 3.03. The predicted octanol–water partition coefficient (Wildman–Crippen LogP) is 3.45. The van der Waals surface area contributed by atoms with E-state index in [9.17, 15) is 0 Å². The summed E-state index contributed by atoms with van der Waals surface area (Å²) in [6.45, 7) is 2.97. The van der Waals surface area contributed by atoms with E-state index in [0.717, 1.165) is 36.3 Å². The van der Waals surface area contributed by atoms with Crippen LogP contribution >= 0.6 is 11.6 Å². The molecule has 0 spiro atoms. The zero-order valence-corrected chi connectivity index (χ0v) is 14.1. The number of nitrogens with zero attached hydrogens (tertiary/aromatic N) is 2. The Labute approximate surface area is 141 Å². The normalized spacial score (nSPS) is 18.1. The largest absolute Gasteiger partial charge is 0.493 e. The van der Waals surface area contributed by atoms with Gasteiger partial charge in [0.25, 0.3) is 0 Å². The first-order valence-corrected chi connectivity index (χ1v) is 8.47. The van der Waals surface area contributed by atoms with Crippen molar-refractivity contribution in [3.8, 4) is 11.5 Å². The van der Waals surface area contributed by atoms with Gasteiger partial charge in [-0.3, -0.25) is 0 Å². The van der Waals surface area contributed by atoms with Gasteiger partial charge in [-0.2, -0.15) is 0 Å². The molecule has 6 heteroatoms. The van der Waals surface area contributed by atoms with Crippen molar-refractivity contribution in [1.82, 2.24) is 15.3 Å². The third-order valence-corrected chi connectivity index (χ3v) is 4.59. The van der Waals surface area contributed by atoms with Gasteiger partial charge in [-0.25, -0.2) is 9.97 Å². The fraction of sp³-hybridized carbons (Fsp3) is 0.529. The molecule has 3 rings (SSSR count). The highest BCUT2D eigenvalue weighted by atomic mass is 35.5. The molecule has 0 amide bonds. The van der Waals surface area contributed by atoms with Crippen LogP contribution in [0, 0.1) is 5.92 Å². The Morgan fingerprint density at radius 1 is 1.30 bits per heavy atom. The summed E-state index contributed by atoms with van der Waals surface area (Å²) in [7, 11) is 1.62. The number of ether oxygens (including phenoxy) is 2. The summed E-state index contributed by atoms with van der Waals surface area (Å²) in [5, 5.41) is 4.64. The van der Waals surface area contributed by atoms with Gasteiger partial charge in [0, 0.05) is 11.5 Å². The Balaban J connectivity index is 1.62. The minimum Gasteiger partial charge on any atom is -0.493 e. The van der Waals surface area contributed by atoms with Crippen LogP contribution in [0.5, 0.6) is 11.5 Å². The summed E-state index contributed by atoms with van der Waals surface area (Å²) in [6, 6.07) is 3.70. The van der Waals surface area contributed by atoms with Gasteiger partial charge in [-0.1, -0.05) is 11.6 Å². The second-order valence-electron chi connectivity index (χ2n) is 5.89. The van der Waals surface area contributed by atoms with E-state index < -0.39 is 0 Å². The van der Waals surface area contributed by atoms with Crippen molar-refractivity contribution in [2.75, 3.05) is 26.8 Å². The number of aromatic nitrogens is 2. The first kappa shape index (κ1) is 16.3. The van der Waals surface area contributed by atoms with E-state index in [0.29, 0.717) is 23.3 Å². The highest BCUT2D eigenvalue weighted by Crippen LogP contribution is 2.33. The summed E-state index contributed by atoms with van der Waals surface area (Å²) >= 11 is 6.10. The molecule has 1 saturated heterocycles. The molecule has 1 fully saturated rings. The maximum absolute atomic E-state index is 6.10. The van der Waals surface area contributed by atoms with Crippen LogP contribution in [0.15, 0.2) is 18.5 Å². The van der Waals surface area contributed by atoms with Crippen LogP contribution in [-0.2, 0) is 0 Å². The van der Waals surface area contributed by atoms with Crippen molar-refractivity contribution in [3.05, 3.63) is 23.6 Å². The minimum atomic E-state index is 0.421. The molecule has 2 aromatic rings. The van der Waals surface area contributed by atoms with Crippen molar-refractivity contribution in [2.45, 2.75) is 25.7 Å². The van der Waals surface area contributed by atoms with Crippen LogP contribution in [0.25, 0.3) is 10.9 Å². The topological polar surface area (TPSA) is 56.3 Å². The maximum atomic E-state index is 6.10. The Kier molecular flexibility index (Phi) is 5.51. The first-order valence-electron chi connectivity index (χ1n) is 8.09. The molecule has 1 unspecified atom stereocenters. The quantitative estimate of drug-likeness (QED) is 0.647. The third kappa shape index (κ3) is 4.03. The van der Waals surface area contributed by atoms with E-state index in [1.807, 2.05) is 12.1 Å². The number of piperidine rings is 1. The van der Waals surface area contributed by atoms with Gasteiger partial charge in [0.1, 0.15) is 11.5 Å². The smallest absolute Gasteiger partial charge is 0.163 e. The zero-order valence-electron chi connectivity index (χ0n) is 13.3. The molecule has 0 saturated carbocycles. The number of nitrogens with one attached hydrogen (secondary N) is 1. The van der Waals surface area contributed by atoms with E-state index in [-0.39, 0.29) is 0 Å². The lowest BCUT2D eigenvalue weighted by Crippen LogP contribution is -2.29. The van der Waals surface area contributed by atoms with Gasteiger partial charge in [-0.05, 0) is 50.8 Å². The molecule has 1 aromatic heterocycles. The van der Waals surface area contributed by atoms with Crippen molar-refractivity contribution in [3.63, 3.8) is 0 Å². The summed E-state index contributed by atoms with van der Waals surface area (Å²) < 4.78 is 11.3. The van der Waals surface area contributed by atoms with Gasteiger partial charge in [0.15, 0.2) is 11.5 Å². The number of rotatable bonds is 6.